The average Bonchev–Trinajstić information content (AvgIpc) is 1.98. The van der Waals surface area contributed by atoms with E-state index in [0.717, 1.165) is 19.3 Å². The van der Waals surface area contributed by atoms with Gasteiger partial charge in [0.05, 0.1) is 6.61 Å². The molecule has 12 heavy (non-hydrogen) atoms. The summed E-state index contributed by atoms with van der Waals surface area (Å²) in [7, 11) is -3.23. The van der Waals surface area contributed by atoms with Crippen LogP contribution in [0.2, 0.25) is 0 Å². The molecule has 0 heterocycles. The second kappa shape index (κ2) is 6.64. The highest BCUT2D eigenvalue weighted by atomic mass is 31.2. The van der Waals surface area contributed by atoms with E-state index < -0.39 is 7.60 Å². The Balaban J connectivity index is 3.41. The first-order chi connectivity index (χ1) is 5.62. The Morgan fingerprint density at radius 1 is 1.25 bits per heavy atom. The maximum absolute atomic E-state index is 11.1. The molecule has 4 heteroatoms. The van der Waals surface area contributed by atoms with Gasteiger partial charge in [-0.1, -0.05) is 26.7 Å². The molecule has 0 saturated carbocycles. The van der Waals surface area contributed by atoms with Gasteiger partial charge >= 0.3 is 7.60 Å². The van der Waals surface area contributed by atoms with Crippen LogP contribution in [0.3, 0.4) is 0 Å². The minimum Gasteiger partial charge on any atom is -0.324 e. The lowest BCUT2D eigenvalue weighted by atomic mass is 10.3. The third-order valence-corrected chi connectivity index (χ3v) is 3.15. The first kappa shape index (κ1) is 12.2. The van der Waals surface area contributed by atoms with Crippen molar-refractivity contribution >= 4 is 7.60 Å². The van der Waals surface area contributed by atoms with Crippen LogP contribution < -0.4 is 0 Å². The monoisotopic (exact) mass is 194 g/mol. The molecule has 0 amide bonds. The third kappa shape index (κ3) is 6.84. The Morgan fingerprint density at radius 2 is 1.92 bits per heavy atom. The highest BCUT2D eigenvalue weighted by Gasteiger charge is 2.16. The molecular formula is C8H19O3P. The second-order valence-corrected chi connectivity index (χ2v) is 4.88. The summed E-state index contributed by atoms with van der Waals surface area (Å²) in [5.74, 6) is 0. The Morgan fingerprint density at radius 3 is 2.42 bits per heavy atom. The van der Waals surface area contributed by atoms with Crippen molar-refractivity contribution in [1.29, 1.82) is 0 Å². The van der Waals surface area contributed by atoms with Crippen molar-refractivity contribution in [3.63, 3.8) is 0 Å². The van der Waals surface area contributed by atoms with Crippen LogP contribution in [0, 0.1) is 0 Å². The second-order valence-electron chi connectivity index (χ2n) is 2.90. The van der Waals surface area contributed by atoms with Gasteiger partial charge in [-0.2, -0.15) is 0 Å². The molecule has 1 atom stereocenters. The predicted octanol–water partition coefficient (Wildman–Crippen LogP) is 2.79. The number of hydrogen-bond acceptors (Lipinski definition) is 2. The van der Waals surface area contributed by atoms with E-state index in [1.54, 1.807) is 0 Å². The molecule has 0 aliphatic carbocycles. The molecule has 0 saturated heterocycles. The van der Waals surface area contributed by atoms with Crippen LogP contribution in [0.5, 0.6) is 0 Å². The SMILES string of the molecule is CCCCCOP(=O)(O)CCC. The summed E-state index contributed by atoms with van der Waals surface area (Å²) >= 11 is 0. The van der Waals surface area contributed by atoms with Crippen molar-refractivity contribution in [2.75, 3.05) is 12.8 Å². The van der Waals surface area contributed by atoms with Gasteiger partial charge in [0, 0.05) is 6.16 Å². The van der Waals surface area contributed by atoms with Crippen LogP contribution in [0.25, 0.3) is 0 Å². The van der Waals surface area contributed by atoms with Gasteiger partial charge in [-0.15, -0.1) is 0 Å². The quantitative estimate of drug-likeness (QED) is 0.500. The van der Waals surface area contributed by atoms with Gasteiger partial charge in [-0.25, -0.2) is 0 Å². The summed E-state index contributed by atoms with van der Waals surface area (Å²) in [6, 6.07) is 0. The van der Waals surface area contributed by atoms with Gasteiger partial charge in [0.25, 0.3) is 0 Å². The molecule has 0 bridgehead atoms. The largest absolute Gasteiger partial charge is 0.328 e. The standard InChI is InChI=1S/C8H19O3P/c1-3-5-6-7-11-12(9,10)8-4-2/h3-8H2,1-2H3,(H,9,10). The molecular weight excluding hydrogens is 175 g/mol. The van der Waals surface area contributed by atoms with E-state index in [-0.39, 0.29) is 6.16 Å². The van der Waals surface area contributed by atoms with E-state index in [0.29, 0.717) is 13.0 Å². The summed E-state index contributed by atoms with van der Waals surface area (Å²) in [4.78, 5) is 9.15. The molecule has 0 fully saturated rings. The number of rotatable bonds is 7. The fraction of sp³-hybridized carbons (Fsp3) is 1.00. The number of hydrogen-bond donors (Lipinski definition) is 1. The first-order valence-corrected chi connectivity index (χ1v) is 6.35. The summed E-state index contributed by atoms with van der Waals surface area (Å²) in [6.45, 7) is 4.38. The van der Waals surface area contributed by atoms with E-state index in [1.807, 2.05) is 6.92 Å². The van der Waals surface area contributed by atoms with Crippen molar-refractivity contribution in [1.82, 2.24) is 0 Å². The molecule has 1 unspecified atom stereocenters. The summed E-state index contributed by atoms with van der Waals surface area (Å²) in [6.07, 6.45) is 4.02. The highest BCUT2D eigenvalue weighted by molar-refractivity contribution is 7.52. The molecule has 3 nitrogen and oxygen atoms in total. The minimum absolute atomic E-state index is 0.277. The van der Waals surface area contributed by atoms with E-state index in [1.165, 1.54) is 0 Å². The molecule has 0 aliphatic heterocycles. The zero-order valence-corrected chi connectivity index (χ0v) is 8.85. The smallest absolute Gasteiger partial charge is 0.324 e. The molecule has 0 aliphatic rings. The molecule has 74 valence electrons. The Hall–Kier alpha value is 0.150. The lowest BCUT2D eigenvalue weighted by Crippen LogP contribution is -1.96. The van der Waals surface area contributed by atoms with E-state index in [4.69, 9.17) is 9.42 Å². The molecule has 0 radical (unpaired) electrons. The van der Waals surface area contributed by atoms with Gasteiger partial charge in [-0.3, -0.25) is 4.57 Å². The topological polar surface area (TPSA) is 46.5 Å². The third-order valence-electron chi connectivity index (χ3n) is 1.55. The van der Waals surface area contributed by atoms with Crippen LogP contribution in [0.1, 0.15) is 39.5 Å². The van der Waals surface area contributed by atoms with Gasteiger partial charge in [0.15, 0.2) is 0 Å². The lowest BCUT2D eigenvalue weighted by Gasteiger charge is -2.10. The van der Waals surface area contributed by atoms with Crippen LogP contribution in [0.15, 0.2) is 0 Å². The molecule has 0 aromatic rings. The molecule has 0 aromatic carbocycles. The normalized spacial score (nSPS) is 15.9. The van der Waals surface area contributed by atoms with Crippen LogP contribution >= 0.6 is 7.60 Å². The fourth-order valence-corrected chi connectivity index (χ4v) is 2.02. The summed E-state index contributed by atoms with van der Waals surface area (Å²) in [5.41, 5.74) is 0. The van der Waals surface area contributed by atoms with Gasteiger partial charge in [-0.05, 0) is 12.8 Å². The molecule has 1 N–H and O–H groups in total. The Bertz CT molecular complexity index is 147. The van der Waals surface area contributed by atoms with Crippen molar-refractivity contribution in [2.45, 2.75) is 39.5 Å². The molecule has 0 aromatic heterocycles. The van der Waals surface area contributed by atoms with Crippen molar-refractivity contribution in [3.05, 3.63) is 0 Å². The van der Waals surface area contributed by atoms with Gasteiger partial charge < -0.3 is 9.42 Å². The van der Waals surface area contributed by atoms with Crippen LogP contribution in [-0.2, 0) is 9.09 Å². The van der Waals surface area contributed by atoms with Crippen molar-refractivity contribution in [3.8, 4) is 0 Å². The van der Waals surface area contributed by atoms with Gasteiger partial charge in [0.1, 0.15) is 0 Å². The average molecular weight is 194 g/mol. The van der Waals surface area contributed by atoms with Crippen molar-refractivity contribution in [2.24, 2.45) is 0 Å². The number of unbranched alkanes of at least 4 members (excludes halogenated alkanes) is 2. The van der Waals surface area contributed by atoms with E-state index >= 15 is 0 Å². The maximum atomic E-state index is 11.1. The van der Waals surface area contributed by atoms with Crippen molar-refractivity contribution < 1.29 is 14.0 Å². The van der Waals surface area contributed by atoms with Crippen LogP contribution in [-0.4, -0.2) is 17.7 Å². The minimum atomic E-state index is -3.23. The summed E-state index contributed by atoms with van der Waals surface area (Å²) in [5, 5.41) is 0. The molecule has 0 spiro atoms. The predicted molar refractivity (Wildman–Crippen MR) is 50.5 cm³/mol. The highest BCUT2D eigenvalue weighted by Crippen LogP contribution is 2.42. The zero-order chi connectivity index (χ0) is 9.45. The maximum Gasteiger partial charge on any atom is 0.328 e. The van der Waals surface area contributed by atoms with E-state index in [2.05, 4.69) is 6.92 Å². The lowest BCUT2D eigenvalue weighted by molar-refractivity contribution is 0.253. The van der Waals surface area contributed by atoms with Crippen LogP contribution in [0.4, 0.5) is 0 Å². The summed E-state index contributed by atoms with van der Waals surface area (Å²) < 4.78 is 16.0. The Kier molecular flexibility index (Phi) is 6.73. The van der Waals surface area contributed by atoms with E-state index in [9.17, 15) is 4.57 Å². The zero-order valence-electron chi connectivity index (χ0n) is 7.95. The fourth-order valence-electron chi connectivity index (χ4n) is 0.906. The van der Waals surface area contributed by atoms with Gasteiger partial charge in [0.2, 0.25) is 0 Å². The Labute approximate surface area is 74.7 Å². The molecule has 0 rings (SSSR count). The first-order valence-electron chi connectivity index (χ1n) is 4.58.